The highest BCUT2D eigenvalue weighted by atomic mass is 35.5. The Morgan fingerprint density at radius 1 is 1.45 bits per heavy atom. The lowest BCUT2D eigenvalue weighted by molar-refractivity contribution is 0.167. The molecule has 20 heavy (non-hydrogen) atoms. The van der Waals surface area contributed by atoms with Crippen molar-refractivity contribution >= 4 is 23.3 Å². The van der Waals surface area contributed by atoms with Gasteiger partial charge in [0, 0.05) is 6.07 Å². The van der Waals surface area contributed by atoms with Gasteiger partial charge in [-0.1, -0.05) is 24.4 Å². The van der Waals surface area contributed by atoms with Crippen LogP contribution in [0.4, 0.5) is 10.5 Å². The van der Waals surface area contributed by atoms with E-state index in [1.165, 1.54) is 0 Å². The van der Waals surface area contributed by atoms with E-state index in [0.29, 0.717) is 16.5 Å². The van der Waals surface area contributed by atoms with E-state index in [4.69, 9.17) is 16.3 Å². The van der Waals surface area contributed by atoms with Gasteiger partial charge in [-0.05, 0) is 25.0 Å². The minimum atomic E-state index is -0.505. The molecule has 2 amide bonds. The lowest BCUT2D eigenvalue weighted by atomic mass is 9.99. The van der Waals surface area contributed by atoms with E-state index >= 15 is 0 Å². The molecule has 1 fully saturated rings. The molecule has 5 nitrogen and oxygen atoms in total. The second-order valence-corrected chi connectivity index (χ2v) is 5.48. The number of aliphatic hydroxyl groups is 1. The molecule has 0 saturated heterocycles. The summed E-state index contributed by atoms with van der Waals surface area (Å²) in [5, 5.41) is 15.5. The molecule has 0 aromatic heterocycles. The van der Waals surface area contributed by atoms with Crippen molar-refractivity contribution in [3.05, 3.63) is 23.2 Å². The van der Waals surface area contributed by atoms with Crippen LogP contribution < -0.4 is 15.4 Å². The molecule has 1 aromatic carbocycles. The summed E-state index contributed by atoms with van der Waals surface area (Å²) in [5.74, 6) is 0.613. The van der Waals surface area contributed by atoms with Crippen LogP contribution in [0.25, 0.3) is 0 Å². The van der Waals surface area contributed by atoms with Gasteiger partial charge in [-0.25, -0.2) is 4.79 Å². The first-order chi connectivity index (χ1) is 9.58. The SMILES string of the molecule is COc1ccc(Cl)c(NC(=O)NC2(CO)CCCC2)c1. The number of carbonyl (C=O) groups is 1. The van der Waals surface area contributed by atoms with Gasteiger partial charge in [0.25, 0.3) is 0 Å². The predicted molar refractivity (Wildman–Crippen MR) is 78.4 cm³/mol. The molecule has 110 valence electrons. The standard InChI is InChI=1S/C14H19ClN2O3/c1-20-10-4-5-11(15)12(8-10)16-13(19)17-14(9-18)6-2-3-7-14/h4-5,8,18H,2-3,6-7,9H2,1H3,(H2,16,17,19). The number of urea groups is 1. The van der Waals surface area contributed by atoms with Gasteiger partial charge in [-0.3, -0.25) is 0 Å². The molecule has 0 aliphatic heterocycles. The maximum absolute atomic E-state index is 12.1. The van der Waals surface area contributed by atoms with E-state index < -0.39 is 5.54 Å². The number of ether oxygens (including phenoxy) is 1. The fraction of sp³-hybridized carbons (Fsp3) is 0.500. The molecular formula is C14H19ClN2O3. The number of hydrogen-bond acceptors (Lipinski definition) is 3. The first kappa shape index (κ1) is 14.9. The highest BCUT2D eigenvalue weighted by molar-refractivity contribution is 6.33. The van der Waals surface area contributed by atoms with Crippen LogP contribution in [-0.2, 0) is 0 Å². The van der Waals surface area contributed by atoms with Crippen molar-refractivity contribution in [2.45, 2.75) is 31.2 Å². The van der Waals surface area contributed by atoms with Crippen molar-refractivity contribution in [1.29, 1.82) is 0 Å². The van der Waals surface area contributed by atoms with Crippen molar-refractivity contribution in [1.82, 2.24) is 5.32 Å². The Labute approximate surface area is 123 Å². The van der Waals surface area contributed by atoms with Gasteiger partial charge < -0.3 is 20.5 Å². The van der Waals surface area contributed by atoms with Gasteiger partial charge in [-0.15, -0.1) is 0 Å². The van der Waals surface area contributed by atoms with Crippen LogP contribution in [0.1, 0.15) is 25.7 Å². The second kappa shape index (κ2) is 6.33. The van der Waals surface area contributed by atoms with E-state index in [1.54, 1.807) is 25.3 Å². The molecular weight excluding hydrogens is 280 g/mol. The van der Waals surface area contributed by atoms with Crippen LogP contribution >= 0.6 is 11.6 Å². The minimum absolute atomic E-state index is 0.0493. The molecule has 3 N–H and O–H groups in total. The molecule has 1 aliphatic rings. The summed E-state index contributed by atoms with van der Waals surface area (Å²) in [6.45, 7) is -0.0493. The smallest absolute Gasteiger partial charge is 0.319 e. The number of halogens is 1. The molecule has 2 rings (SSSR count). The molecule has 0 atom stereocenters. The number of carbonyl (C=O) groups excluding carboxylic acids is 1. The maximum atomic E-state index is 12.1. The summed E-state index contributed by atoms with van der Waals surface area (Å²) in [5.41, 5.74) is -0.0234. The fourth-order valence-electron chi connectivity index (χ4n) is 2.50. The monoisotopic (exact) mass is 298 g/mol. The summed E-state index contributed by atoms with van der Waals surface area (Å²) in [4.78, 5) is 12.1. The number of aliphatic hydroxyl groups excluding tert-OH is 1. The van der Waals surface area contributed by atoms with Crippen LogP contribution in [0, 0.1) is 0 Å². The van der Waals surface area contributed by atoms with Crippen LogP contribution in [0.15, 0.2) is 18.2 Å². The zero-order chi connectivity index (χ0) is 14.6. The van der Waals surface area contributed by atoms with E-state index in [1.807, 2.05) is 0 Å². The first-order valence-corrected chi connectivity index (χ1v) is 7.00. The van der Waals surface area contributed by atoms with E-state index in [-0.39, 0.29) is 12.6 Å². The molecule has 1 saturated carbocycles. The molecule has 0 bridgehead atoms. The minimum Gasteiger partial charge on any atom is -0.497 e. The van der Waals surface area contributed by atoms with Gasteiger partial charge in [0.15, 0.2) is 0 Å². The third-order valence-corrected chi connectivity index (χ3v) is 3.99. The molecule has 0 unspecified atom stereocenters. The molecule has 1 aliphatic carbocycles. The van der Waals surface area contributed by atoms with Crippen LogP contribution in [0.3, 0.4) is 0 Å². The summed E-state index contributed by atoms with van der Waals surface area (Å²) in [6.07, 6.45) is 3.62. The van der Waals surface area contributed by atoms with E-state index in [2.05, 4.69) is 10.6 Å². The highest BCUT2D eigenvalue weighted by Gasteiger charge is 2.34. The normalized spacial score (nSPS) is 16.8. The Morgan fingerprint density at radius 2 is 2.15 bits per heavy atom. The van der Waals surface area contributed by atoms with Gasteiger partial charge >= 0.3 is 6.03 Å². The summed E-state index contributed by atoms with van der Waals surface area (Å²) in [6, 6.07) is 4.67. The lowest BCUT2D eigenvalue weighted by Crippen LogP contribution is -2.50. The Morgan fingerprint density at radius 3 is 2.75 bits per heavy atom. The molecule has 0 heterocycles. The summed E-state index contributed by atoms with van der Waals surface area (Å²) in [7, 11) is 1.55. The Hall–Kier alpha value is -1.46. The van der Waals surface area contributed by atoms with Crippen LogP contribution in [-0.4, -0.2) is 30.4 Å². The van der Waals surface area contributed by atoms with Crippen molar-refractivity contribution in [2.24, 2.45) is 0 Å². The Balaban J connectivity index is 2.04. The van der Waals surface area contributed by atoms with Crippen LogP contribution in [0.5, 0.6) is 5.75 Å². The summed E-state index contributed by atoms with van der Waals surface area (Å²) >= 11 is 6.04. The molecule has 1 aromatic rings. The zero-order valence-electron chi connectivity index (χ0n) is 11.4. The number of methoxy groups -OCH3 is 1. The van der Waals surface area contributed by atoms with Crippen LogP contribution in [0.2, 0.25) is 5.02 Å². The molecule has 6 heteroatoms. The molecule has 0 spiro atoms. The fourth-order valence-corrected chi connectivity index (χ4v) is 2.66. The number of anilines is 1. The second-order valence-electron chi connectivity index (χ2n) is 5.07. The van der Waals surface area contributed by atoms with Crippen molar-refractivity contribution < 1.29 is 14.6 Å². The van der Waals surface area contributed by atoms with Gasteiger partial charge in [0.05, 0.1) is 30.0 Å². The number of amides is 2. The Kier molecular flexibility index (Phi) is 4.73. The first-order valence-electron chi connectivity index (χ1n) is 6.62. The average Bonchev–Trinajstić information content (AvgIpc) is 2.90. The largest absolute Gasteiger partial charge is 0.497 e. The predicted octanol–water partition coefficient (Wildman–Crippen LogP) is 2.78. The van der Waals surface area contributed by atoms with Gasteiger partial charge in [0.1, 0.15) is 5.75 Å². The maximum Gasteiger partial charge on any atom is 0.319 e. The third kappa shape index (κ3) is 3.35. The van der Waals surface area contributed by atoms with E-state index in [9.17, 15) is 9.90 Å². The lowest BCUT2D eigenvalue weighted by Gasteiger charge is -2.28. The van der Waals surface area contributed by atoms with E-state index in [0.717, 1.165) is 25.7 Å². The third-order valence-electron chi connectivity index (χ3n) is 3.66. The van der Waals surface area contributed by atoms with Crippen molar-refractivity contribution in [3.8, 4) is 5.75 Å². The molecule has 0 radical (unpaired) electrons. The number of hydrogen-bond donors (Lipinski definition) is 3. The quantitative estimate of drug-likeness (QED) is 0.800. The number of rotatable bonds is 4. The van der Waals surface area contributed by atoms with Gasteiger partial charge in [0.2, 0.25) is 0 Å². The van der Waals surface area contributed by atoms with Gasteiger partial charge in [-0.2, -0.15) is 0 Å². The topological polar surface area (TPSA) is 70.6 Å². The Bertz CT molecular complexity index is 487. The van der Waals surface area contributed by atoms with Crippen molar-refractivity contribution in [3.63, 3.8) is 0 Å². The zero-order valence-corrected chi connectivity index (χ0v) is 12.2. The number of nitrogens with one attached hydrogen (secondary N) is 2. The number of benzene rings is 1. The average molecular weight is 299 g/mol. The highest BCUT2D eigenvalue weighted by Crippen LogP contribution is 2.30. The van der Waals surface area contributed by atoms with Crippen molar-refractivity contribution in [2.75, 3.05) is 19.0 Å². The summed E-state index contributed by atoms with van der Waals surface area (Å²) < 4.78 is 5.10.